The number of aliphatic hydroxyl groups excluding tert-OH is 1. The number of hydrogen-bond acceptors (Lipinski definition) is 3. The summed E-state index contributed by atoms with van der Waals surface area (Å²) in [6.07, 6.45) is 0.846. The topological polar surface area (TPSA) is 61.8 Å². The van der Waals surface area contributed by atoms with Crippen LogP contribution in [-0.2, 0) is 4.74 Å². The summed E-state index contributed by atoms with van der Waals surface area (Å²) in [5.41, 5.74) is 0.509. The second kappa shape index (κ2) is 8.21. The van der Waals surface area contributed by atoms with Gasteiger partial charge < -0.3 is 20.1 Å². The minimum absolute atomic E-state index is 0.0424. The predicted molar refractivity (Wildman–Crippen MR) is 80.9 cm³/mol. The zero-order valence-electron chi connectivity index (χ0n) is 13.1. The lowest BCUT2D eigenvalue weighted by Gasteiger charge is -2.34. The Labute approximate surface area is 134 Å². The van der Waals surface area contributed by atoms with Gasteiger partial charge in [-0.3, -0.25) is 0 Å². The van der Waals surface area contributed by atoms with Crippen molar-refractivity contribution in [2.45, 2.75) is 31.9 Å². The van der Waals surface area contributed by atoms with Crippen molar-refractivity contribution in [3.8, 4) is 0 Å². The molecule has 1 saturated heterocycles. The fraction of sp³-hybridized carbons (Fsp3) is 0.562. The highest BCUT2D eigenvalue weighted by molar-refractivity contribution is 5.74. The molecule has 2 atom stereocenters. The van der Waals surface area contributed by atoms with Crippen molar-refractivity contribution >= 4 is 6.03 Å². The van der Waals surface area contributed by atoms with Crippen LogP contribution >= 0.6 is 0 Å². The monoisotopic (exact) mass is 328 g/mol. The molecule has 1 aliphatic heterocycles. The van der Waals surface area contributed by atoms with Crippen molar-refractivity contribution < 1.29 is 23.4 Å². The van der Waals surface area contributed by atoms with E-state index in [1.54, 1.807) is 4.90 Å². The van der Waals surface area contributed by atoms with Crippen molar-refractivity contribution in [2.75, 3.05) is 26.3 Å². The molecule has 2 rings (SSSR count). The Kier molecular flexibility index (Phi) is 6.29. The van der Waals surface area contributed by atoms with Gasteiger partial charge in [0.1, 0.15) is 6.10 Å². The molecule has 128 valence electrons. The summed E-state index contributed by atoms with van der Waals surface area (Å²) in [5.74, 6) is -1.83. The Balaban J connectivity index is 1.94. The van der Waals surface area contributed by atoms with Gasteiger partial charge in [-0.15, -0.1) is 0 Å². The van der Waals surface area contributed by atoms with Crippen LogP contribution in [0.5, 0.6) is 0 Å². The van der Waals surface area contributed by atoms with E-state index in [0.717, 1.165) is 12.1 Å². The Bertz CT molecular complexity index is 542. The molecule has 1 fully saturated rings. The van der Waals surface area contributed by atoms with Gasteiger partial charge in [0, 0.05) is 19.2 Å². The second-order valence-electron chi connectivity index (χ2n) is 5.70. The largest absolute Gasteiger partial charge is 0.396 e. The van der Waals surface area contributed by atoms with Crippen LogP contribution < -0.4 is 5.32 Å². The number of halogens is 2. The number of carbonyl (C=O) groups excluding carboxylic acids is 1. The highest BCUT2D eigenvalue weighted by atomic mass is 19.2. The van der Waals surface area contributed by atoms with E-state index < -0.39 is 17.7 Å². The van der Waals surface area contributed by atoms with Gasteiger partial charge in [0.05, 0.1) is 13.2 Å². The molecule has 1 aromatic carbocycles. The van der Waals surface area contributed by atoms with Crippen LogP contribution in [-0.4, -0.2) is 48.4 Å². The molecule has 2 amide bonds. The third-order valence-corrected chi connectivity index (χ3v) is 3.83. The summed E-state index contributed by atoms with van der Waals surface area (Å²) in [4.78, 5) is 13.8. The maximum absolute atomic E-state index is 13.3. The average Bonchev–Trinajstić information content (AvgIpc) is 2.55. The number of rotatable bonds is 5. The lowest BCUT2D eigenvalue weighted by molar-refractivity contribution is -0.0159. The molecule has 0 radical (unpaired) electrons. The minimum atomic E-state index is -0.926. The molecule has 0 aromatic heterocycles. The van der Waals surface area contributed by atoms with E-state index in [2.05, 4.69) is 5.32 Å². The van der Waals surface area contributed by atoms with E-state index in [4.69, 9.17) is 9.84 Å². The second-order valence-corrected chi connectivity index (χ2v) is 5.70. The number of hydrogen-bond donors (Lipinski definition) is 2. The van der Waals surface area contributed by atoms with Gasteiger partial charge in [-0.05, 0) is 37.5 Å². The number of carbonyl (C=O) groups is 1. The van der Waals surface area contributed by atoms with E-state index in [0.29, 0.717) is 31.6 Å². The fourth-order valence-corrected chi connectivity index (χ4v) is 2.52. The molecule has 2 N–H and O–H groups in total. The van der Waals surface area contributed by atoms with E-state index in [9.17, 15) is 13.6 Å². The maximum atomic E-state index is 13.3. The smallest absolute Gasteiger partial charge is 0.317 e. The average molecular weight is 328 g/mol. The van der Waals surface area contributed by atoms with Gasteiger partial charge >= 0.3 is 6.03 Å². The number of benzene rings is 1. The zero-order valence-corrected chi connectivity index (χ0v) is 13.1. The van der Waals surface area contributed by atoms with Crippen molar-refractivity contribution in [2.24, 2.45) is 0 Å². The molecule has 5 nitrogen and oxygen atoms in total. The van der Waals surface area contributed by atoms with E-state index in [1.807, 2.05) is 6.92 Å². The van der Waals surface area contributed by atoms with Gasteiger partial charge in [0.15, 0.2) is 11.6 Å². The number of nitrogens with one attached hydrogen (secondary N) is 1. The van der Waals surface area contributed by atoms with Crippen LogP contribution in [0.3, 0.4) is 0 Å². The molecular formula is C16H22F2N2O3. The SMILES string of the molecule is CC(CCCO)NC(=O)N1CCOC(c2ccc(F)c(F)c2)C1. The van der Waals surface area contributed by atoms with Crippen molar-refractivity contribution in [1.82, 2.24) is 10.2 Å². The number of ether oxygens (including phenoxy) is 1. The molecule has 1 aliphatic rings. The highest BCUT2D eigenvalue weighted by Crippen LogP contribution is 2.23. The van der Waals surface area contributed by atoms with Gasteiger partial charge in [0.2, 0.25) is 0 Å². The molecule has 0 saturated carbocycles. The summed E-state index contributed by atoms with van der Waals surface area (Å²) in [6, 6.07) is 3.37. The summed E-state index contributed by atoms with van der Waals surface area (Å²) in [7, 11) is 0. The molecule has 0 bridgehead atoms. The molecule has 1 heterocycles. The Morgan fingerprint density at radius 3 is 2.96 bits per heavy atom. The molecular weight excluding hydrogens is 306 g/mol. The van der Waals surface area contributed by atoms with Crippen LogP contribution in [0.2, 0.25) is 0 Å². The van der Waals surface area contributed by atoms with Crippen LogP contribution in [0, 0.1) is 11.6 Å². The number of aliphatic hydroxyl groups is 1. The number of urea groups is 1. The van der Waals surface area contributed by atoms with Crippen molar-refractivity contribution in [3.63, 3.8) is 0 Å². The summed E-state index contributed by atoms with van der Waals surface area (Å²) in [6.45, 7) is 3.03. The molecule has 0 spiro atoms. The summed E-state index contributed by atoms with van der Waals surface area (Å²) < 4.78 is 31.9. The molecule has 0 aliphatic carbocycles. The first-order chi connectivity index (χ1) is 11.0. The van der Waals surface area contributed by atoms with Gasteiger partial charge in [-0.25, -0.2) is 13.6 Å². The lowest BCUT2D eigenvalue weighted by Crippen LogP contribution is -2.49. The van der Waals surface area contributed by atoms with Crippen LogP contribution in [0.1, 0.15) is 31.4 Å². The molecule has 1 aromatic rings. The van der Waals surface area contributed by atoms with Gasteiger partial charge in [-0.2, -0.15) is 0 Å². The van der Waals surface area contributed by atoms with E-state index >= 15 is 0 Å². The van der Waals surface area contributed by atoms with Gasteiger partial charge in [0.25, 0.3) is 0 Å². The molecule has 23 heavy (non-hydrogen) atoms. The van der Waals surface area contributed by atoms with Gasteiger partial charge in [-0.1, -0.05) is 6.07 Å². The minimum Gasteiger partial charge on any atom is -0.396 e. The number of morpholine rings is 1. The third kappa shape index (κ3) is 4.87. The first kappa shape index (κ1) is 17.6. The number of nitrogens with zero attached hydrogens (tertiary/aromatic N) is 1. The van der Waals surface area contributed by atoms with E-state index in [-0.39, 0.29) is 25.2 Å². The zero-order chi connectivity index (χ0) is 16.8. The van der Waals surface area contributed by atoms with Crippen LogP contribution in [0.15, 0.2) is 18.2 Å². The first-order valence-corrected chi connectivity index (χ1v) is 7.74. The van der Waals surface area contributed by atoms with Crippen LogP contribution in [0.4, 0.5) is 13.6 Å². The van der Waals surface area contributed by atoms with E-state index in [1.165, 1.54) is 6.07 Å². The van der Waals surface area contributed by atoms with Crippen LogP contribution in [0.25, 0.3) is 0 Å². The summed E-state index contributed by atoms with van der Waals surface area (Å²) >= 11 is 0. The highest BCUT2D eigenvalue weighted by Gasteiger charge is 2.26. The normalized spacial score (nSPS) is 19.5. The molecule has 2 unspecified atom stereocenters. The predicted octanol–water partition coefficient (Wildman–Crippen LogP) is 2.21. The lowest BCUT2D eigenvalue weighted by atomic mass is 10.1. The quantitative estimate of drug-likeness (QED) is 0.871. The third-order valence-electron chi connectivity index (χ3n) is 3.83. The first-order valence-electron chi connectivity index (χ1n) is 7.74. The Morgan fingerprint density at radius 1 is 1.48 bits per heavy atom. The van der Waals surface area contributed by atoms with Crippen molar-refractivity contribution in [3.05, 3.63) is 35.4 Å². The standard InChI is InChI=1S/C16H22F2N2O3/c1-11(3-2-7-21)19-16(22)20-6-8-23-15(10-20)12-4-5-13(17)14(18)9-12/h4-5,9,11,15,21H,2-3,6-8,10H2,1H3,(H,19,22). The Morgan fingerprint density at radius 2 is 2.26 bits per heavy atom. The Hall–Kier alpha value is -1.73. The summed E-state index contributed by atoms with van der Waals surface area (Å²) in [5, 5.41) is 11.7. The fourth-order valence-electron chi connectivity index (χ4n) is 2.52. The number of amides is 2. The molecule has 7 heteroatoms. The van der Waals surface area contributed by atoms with Crippen molar-refractivity contribution in [1.29, 1.82) is 0 Å². The maximum Gasteiger partial charge on any atom is 0.317 e.